The molecule has 0 radical (unpaired) electrons. The Balaban J connectivity index is 2.19. The van der Waals surface area contributed by atoms with E-state index in [1.807, 2.05) is 7.05 Å². The number of morpholine rings is 1. The van der Waals surface area contributed by atoms with Crippen LogP contribution in [0.15, 0.2) is 0 Å². The van der Waals surface area contributed by atoms with Gasteiger partial charge in [0.25, 0.3) is 0 Å². The van der Waals surface area contributed by atoms with Crippen LogP contribution in [-0.2, 0) is 4.74 Å². The van der Waals surface area contributed by atoms with Crippen molar-refractivity contribution in [1.29, 1.82) is 0 Å². The molecule has 3 heteroatoms. The van der Waals surface area contributed by atoms with E-state index >= 15 is 0 Å². The first-order valence-electron chi connectivity index (χ1n) is 5.15. The Labute approximate surface area is 81.4 Å². The van der Waals surface area contributed by atoms with Crippen LogP contribution in [0.2, 0.25) is 0 Å². The second-order valence-corrected chi connectivity index (χ2v) is 4.34. The van der Waals surface area contributed by atoms with Gasteiger partial charge in [-0.15, -0.1) is 0 Å². The molecule has 1 fully saturated rings. The summed E-state index contributed by atoms with van der Waals surface area (Å²) in [6, 6.07) is 0. The molecule has 3 nitrogen and oxygen atoms in total. The number of hydrogen-bond acceptors (Lipinski definition) is 3. The van der Waals surface area contributed by atoms with E-state index in [9.17, 15) is 0 Å². The number of ether oxygens (including phenoxy) is 1. The first-order valence-corrected chi connectivity index (χ1v) is 5.15. The maximum atomic E-state index is 5.64. The van der Waals surface area contributed by atoms with Crippen molar-refractivity contribution in [3.8, 4) is 0 Å². The molecular formula is C10H22N2O. The van der Waals surface area contributed by atoms with Gasteiger partial charge in [-0.05, 0) is 40.4 Å². The van der Waals surface area contributed by atoms with Gasteiger partial charge in [-0.2, -0.15) is 0 Å². The van der Waals surface area contributed by atoms with E-state index in [4.69, 9.17) is 4.74 Å². The summed E-state index contributed by atoms with van der Waals surface area (Å²) in [6.45, 7) is 9.66. The maximum absolute atomic E-state index is 5.64. The first kappa shape index (κ1) is 11.0. The average molecular weight is 186 g/mol. The van der Waals surface area contributed by atoms with Crippen molar-refractivity contribution in [3.63, 3.8) is 0 Å². The van der Waals surface area contributed by atoms with Crippen molar-refractivity contribution in [2.24, 2.45) is 0 Å². The number of rotatable bonds is 4. The highest BCUT2D eigenvalue weighted by Gasteiger charge is 2.26. The fourth-order valence-corrected chi connectivity index (χ4v) is 1.78. The van der Waals surface area contributed by atoms with Crippen LogP contribution < -0.4 is 5.32 Å². The predicted octanol–water partition coefficient (Wildman–Crippen LogP) is 0.707. The van der Waals surface area contributed by atoms with Gasteiger partial charge in [0.2, 0.25) is 0 Å². The summed E-state index contributed by atoms with van der Waals surface area (Å²) in [5.41, 5.74) is 0.0535. The van der Waals surface area contributed by atoms with E-state index in [0.29, 0.717) is 0 Å². The summed E-state index contributed by atoms with van der Waals surface area (Å²) < 4.78 is 5.64. The Hall–Kier alpha value is -0.120. The second kappa shape index (κ2) is 4.94. The lowest BCUT2D eigenvalue weighted by molar-refractivity contribution is -0.0859. The fourth-order valence-electron chi connectivity index (χ4n) is 1.78. The van der Waals surface area contributed by atoms with E-state index in [1.54, 1.807) is 0 Å². The van der Waals surface area contributed by atoms with Crippen molar-refractivity contribution >= 4 is 0 Å². The standard InChI is InChI=1S/C10H22N2O/c1-10(2)9-12(7-8-13-10)6-4-5-11-3/h11H,4-9H2,1-3H3. The van der Waals surface area contributed by atoms with Gasteiger partial charge in [0.1, 0.15) is 0 Å². The minimum Gasteiger partial charge on any atom is -0.373 e. The van der Waals surface area contributed by atoms with E-state index in [2.05, 4.69) is 24.1 Å². The van der Waals surface area contributed by atoms with Crippen LogP contribution in [0.3, 0.4) is 0 Å². The normalized spacial score (nSPS) is 23.3. The molecule has 0 bridgehead atoms. The summed E-state index contributed by atoms with van der Waals surface area (Å²) in [4.78, 5) is 2.49. The molecule has 1 aliphatic heterocycles. The van der Waals surface area contributed by atoms with Gasteiger partial charge >= 0.3 is 0 Å². The average Bonchev–Trinajstić information content (AvgIpc) is 2.03. The second-order valence-electron chi connectivity index (χ2n) is 4.34. The number of hydrogen-bond donors (Lipinski definition) is 1. The largest absolute Gasteiger partial charge is 0.373 e. The molecule has 13 heavy (non-hydrogen) atoms. The summed E-state index contributed by atoms with van der Waals surface area (Å²) in [7, 11) is 2.00. The Morgan fingerprint density at radius 3 is 2.85 bits per heavy atom. The topological polar surface area (TPSA) is 24.5 Å². The molecule has 0 aliphatic carbocycles. The minimum absolute atomic E-state index is 0.0535. The van der Waals surface area contributed by atoms with Crippen LogP contribution in [-0.4, -0.2) is 50.3 Å². The zero-order chi connectivity index (χ0) is 9.73. The molecule has 0 unspecified atom stereocenters. The van der Waals surface area contributed by atoms with E-state index < -0.39 is 0 Å². The predicted molar refractivity (Wildman–Crippen MR) is 55.0 cm³/mol. The molecule has 0 saturated carbocycles. The quantitative estimate of drug-likeness (QED) is 0.654. The van der Waals surface area contributed by atoms with E-state index in [0.717, 1.165) is 26.2 Å². The van der Waals surface area contributed by atoms with Gasteiger partial charge in [0.05, 0.1) is 12.2 Å². The first-order chi connectivity index (χ1) is 6.14. The van der Waals surface area contributed by atoms with Crippen molar-refractivity contribution in [2.45, 2.75) is 25.9 Å². The molecule has 0 spiro atoms. The van der Waals surface area contributed by atoms with Crippen molar-refractivity contribution in [3.05, 3.63) is 0 Å². The van der Waals surface area contributed by atoms with E-state index in [-0.39, 0.29) is 5.60 Å². The lowest BCUT2D eigenvalue weighted by Gasteiger charge is -2.38. The minimum atomic E-state index is 0.0535. The van der Waals surface area contributed by atoms with Crippen LogP contribution in [0.25, 0.3) is 0 Å². The summed E-state index contributed by atoms with van der Waals surface area (Å²) in [5, 5.41) is 3.17. The number of nitrogens with one attached hydrogen (secondary N) is 1. The molecule has 78 valence electrons. The molecule has 1 rings (SSSR count). The summed E-state index contributed by atoms with van der Waals surface area (Å²) in [6.07, 6.45) is 1.23. The van der Waals surface area contributed by atoms with Gasteiger partial charge in [-0.1, -0.05) is 0 Å². The fraction of sp³-hybridized carbons (Fsp3) is 1.00. The molecular weight excluding hydrogens is 164 g/mol. The van der Waals surface area contributed by atoms with Gasteiger partial charge in [0, 0.05) is 13.1 Å². The smallest absolute Gasteiger partial charge is 0.0753 e. The van der Waals surface area contributed by atoms with Crippen molar-refractivity contribution < 1.29 is 4.74 Å². The summed E-state index contributed by atoms with van der Waals surface area (Å²) in [5.74, 6) is 0. The molecule has 0 aromatic carbocycles. The molecule has 1 saturated heterocycles. The van der Waals surface area contributed by atoms with Crippen LogP contribution in [0, 0.1) is 0 Å². The molecule has 0 aromatic rings. The highest BCUT2D eigenvalue weighted by Crippen LogP contribution is 2.16. The van der Waals surface area contributed by atoms with Crippen LogP contribution in [0.4, 0.5) is 0 Å². The highest BCUT2D eigenvalue weighted by atomic mass is 16.5. The van der Waals surface area contributed by atoms with Crippen LogP contribution in [0.5, 0.6) is 0 Å². The molecule has 0 aromatic heterocycles. The van der Waals surface area contributed by atoms with Gasteiger partial charge in [-0.3, -0.25) is 4.90 Å². The van der Waals surface area contributed by atoms with E-state index in [1.165, 1.54) is 13.0 Å². The molecule has 1 heterocycles. The van der Waals surface area contributed by atoms with Crippen LogP contribution >= 0.6 is 0 Å². The highest BCUT2D eigenvalue weighted by molar-refractivity contribution is 4.78. The third-order valence-electron chi connectivity index (χ3n) is 2.41. The molecule has 0 atom stereocenters. The lowest BCUT2D eigenvalue weighted by atomic mass is 10.1. The monoisotopic (exact) mass is 186 g/mol. The Bertz CT molecular complexity index is 148. The maximum Gasteiger partial charge on any atom is 0.0753 e. The lowest BCUT2D eigenvalue weighted by Crippen LogP contribution is -2.48. The Kier molecular flexibility index (Phi) is 4.16. The van der Waals surface area contributed by atoms with Gasteiger partial charge in [0.15, 0.2) is 0 Å². The molecule has 1 N–H and O–H groups in total. The zero-order valence-electron chi connectivity index (χ0n) is 9.10. The van der Waals surface area contributed by atoms with Crippen LogP contribution in [0.1, 0.15) is 20.3 Å². The zero-order valence-corrected chi connectivity index (χ0v) is 9.10. The van der Waals surface area contributed by atoms with Crippen molar-refractivity contribution in [1.82, 2.24) is 10.2 Å². The third-order valence-corrected chi connectivity index (χ3v) is 2.41. The Morgan fingerprint density at radius 2 is 2.23 bits per heavy atom. The SMILES string of the molecule is CNCCCN1CCOC(C)(C)C1. The number of nitrogens with zero attached hydrogens (tertiary/aromatic N) is 1. The summed E-state index contributed by atoms with van der Waals surface area (Å²) >= 11 is 0. The van der Waals surface area contributed by atoms with Crippen molar-refractivity contribution in [2.75, 3.05) is 39.8 Å². The molecule has 0 amide bonds. The van der Waals surface area contributed by atoms with Gasteiger partial charge < -0.3 is 10.1 Å². The third kappa shape index (κ3) is 4.07. The Morgan fingerprint density at radius 1 is 1.46 bits per heavy atom. The van der Waals surface area contributed by atoms with Gasteiger partial charge in [-0.25, -0.2) is 0 Å². The molecule has 1 aliphatic rings.